The Morgan fingerprint density at radius 1 is 1.17 bits per heavy atom. The number of hydrogen-bond donors (Lipinski definition) is 1. The molecule has 23 heavy (non-hydrogen) atoms. The van der Waals surface area contributed by atoms with Crippen molar-refractivity contribution in [3.05, 3.63) is 29.8 Å². The van der Waals surface area contributed by atoms with Gasteiger partial charge in [0.1, 0.15) is 5.75 Å². The van der Waals surface area contributed by atoms with Gasteiger partial charge in [-0.1, -0.05) is 52.7 Å². The molecule has 0 saturated heterocycles. The molecule has 0 heterocycles. The predicted octanol–water partition coefficient (Wildman–Crippen LogP) is 4.69. The van der Waals surface area contributed by atoms with Gasteiger partial charge in [0.2, 0.25) is 0 Å². The van der Waals surface area contributed by atoms with Gasteiger partial charge < -0.3 is 14.7 Å². The average Bonchev–Trinajstić information content (AvgIpc) is 2.60. The third-order valence-corrected chi connectivity index (χ3v) is 4.19. The molecule has 3 heteroatoms. The third-order valence-electron chi connectivity index (χ3n) is 4.19. The summed E-state index contributed by atoms with van der Waals surface area (Å²) in [6.45, 7) is 8.92. The van der Waals surface area contributed by atoms with Crippen molar-refractivity contribution in [3.63, 3.8) is 0 Å². The van der Waals surface area contributed by atoms with Crippen molar-refractivity contribution >= 4 is 0 Å². The van der Waals surface area contributed by atoms with Crippen molar-refractivity contribution in [2.24, 2.45) is 5.92 Å². The average molecular weight is 324 g/mol. The van der Waals surface area contributed by atoms with Crippen molar-refractivity contribution in [2.45, 2.75) is 59.0 Å². The van der Waals surface area contributed by atoms with Gasteiger partial charge in [-0.05, 0) is 44.6 Å². The summed E-state index contributed by atoms with van der Waals surface area (Å²) in [6.07, 6.45) is 4.24. The topological polar surface area (TPSA) is 32.7 Å². The fraction of sp³-hybridized carbons (Fsp3) is 0.700. The highest BCUT2D eigenvalue weighted by molar-refractivity contribution is 5.33. The number of nitrogens with zero attached hydrogens (tertiary/aromatic N) is 1. The molecule has 1 fully saturated rings. The SMILES string of the molecule is CC.CC.COc1cccc([C@@]2(O)CCCC[C@@H]2CN(C)C)c1. The number of rotatable bonds is 4. The van der Waals surface area contributed by atoms with Crippen LogP contribution in [-0.2, 0) is 5.60 Å². The Labute approximate surface area is 143 Å². The van der Waals surface area contributed by atoms with E-state index in [1.807, 2.05) is 52.0 Å². The molecular weight excluding hydrogens is 286 g/mol. The highest BCUT2D eigenvalue weighted by Crippen LogP contribution is 2.42. The molecule has 3 nitrogen and oxygen atoms in total. The summed E-state index contributed by atoms with van der Waals surface area (Å²) in [5, 5.41) is 11.2. The lowest BCUT2D eigenvalue weighted by molar-refractivity contribution is -0.0619. The van der Waals surface area contributed by atoms with E-state index in [0.29, 0.717) is 5.92 Å². The van der Waals surface area contributed by atoms with E-state index in [1.165, 1.54) is 6.42 Å². The van der Waals surface area contributed by atoms with Gasteiger partial charge in [-0.15, -0.1) is 0 Å². The van der Waals surface area contributed by atoms with Crippen LogP contribution in [-0.4, -0.2) is 37.8 Å². The number of methoxy groups -OCH3 is 1. The summed E-state index contributed by atoms with van der Waals surface area (Å²) in [5.41, 5.74) is 0.287. The molecular formula is C20H37NO2. The first kappa shape index (κ1) is 21.9. The first-order chi connectivity index (χ1) is 11.1. The molecule has 1 aliphatic carbocycles. The van der Waals surface area contributed by atoms with Gasteiger partial charge in [0, 0.05) is 12.5 Å². The van der Waals surface area contributed by atoms with Gasteiger partial charge in [-0.2, -0.15) is 0 Å². The Morgan fingerprint density at radius 2 is 1.83 bits per heavy atom. The number of benzene rings is 1. The van der Waals surface area contributed by atoms with Crippen LogP contribution in [0.25, 0.3) is 0 Å². The maximum Gasteiger partial charge on any atom is 0.119 e. The van der Waals surface area contributed by atoms with E-state index in [-0.39, 0.29) is 0 Å². The van der Waals surface area contributed by atoms with Crippen LogP contribution >= 0.6 is 0 Å². The molecule has 0 radical (unpaired) electrons. The molecule has 1 aromatic carbocycles. The second-order valence-corrected chi connectivity index (χ2v) is 5.86. The lowest BCUT2D eigenvalue weighted by Gasteiger charge is -2.41. The van der Waals surface area contributed by atoms with Crippen LogP contribution in [0.1, 0.15) is 58.9 Å². The van der Waals surface area contributed by atoms with Gasteiger partial charge in [0.25, 0.3) is 0 Å². The van der Waals surface area contributed by atoms with Crippen LogP contribution in [0.5, 0.6) is 5.75 Å². The molecule has 1 N–H and O–H groups in total. The molecule has 134 valence electrons. The van der Waals surface area contributed by atoms with E-state index in [0.717, 1.165) is 37.1 Å². The minimum Gasteiger partial charge on any atom is -0.497 e. The van der Waals surface area contributed by atoms with Gasteiger partial charge >= 0.3 is 0 Å². The van der Waals surface area contributed by atoms with Crippen molar-refractivity contribution in [1.82, 2.24) is 4.90 Å². The van der Waals surface area contributed by atoms with Gasteiger partial charge in [-0.3, -0.25) is 0 Å². The van der Waals surface area contributed by atoms with Crippen LogP contribution in [0.2, 0.25) is 0 Å². The summed E-state index contributed by atoms with van der Waals surface area (Å²) < 4.78 is 5.29. The molecule has 0 spiro atoms. The van der Waals surface area contributed by atoms with Crippen LogP contribution in [0.4, 0.5) is 0 Å². The largest absolute Gasteiger partial charge is 0.497 e. The number of hydrogen-bond acceptors (Lipinski definition) is 3. The van der Waals surface area contributed by atoms with Crippen molar-refractivity contribution < 1.29 is 9.84 Å². The molecule has 1 aliphatic rings. The van der Waals surface area contributed by atoms with E-state index in [4.69, 9.17) is 4.74 Å². The fourth-order valence-corrected chi connectivity index (χ4v) is 3.18. The second-order valence-electron chi connectivity index (χ2n) is 5.86. The number of aliphatic hydroxyl groups is 1. The van der Waals surface area contributed by atoms with Crippen molar-refractivity contribution in [2.75, 3.05) is 27.7 Å². The van der Waals surface area contributed by atoms with Crippen LogP contribution < -0.4 is 4.74 Å². The van der Waals surface area contributed by atoms with E-state index in [2.05, 4.69) is 19.0 Å². The summed E-state index contributed by atoms with van der Waals surface area (Å²) >= 11 is 0. The quantitative estimate of drug-likeness (QED) is 0.872. The first-order valence-corrected chi connectivity index (χ1v) is 9.08. The minimum atomic E-state index is -0.711. The van der Waals surface area contributed by atoms with E-state index in [1.54, 1.807) is 7.11 Å². The lowest BCUT2D eigenvalue weighted by Crippen LogP contribution is -2.43. The Kier molecular flexibility index (Phi) is 10.9. The molecule has 2 rings (SSSR count). The van der Waals surface area contributed by atoms with Gasteiger partial charge in [0.05, 0.1) is 12.7 Å². The van der Waals surface area contributed by atoms with Gasteiger partial charge in [-0.25, -0.2) is 0 Å². The Morgan fingerprint density at radius 3 is 2.39 bits per heavy atom. The zero-order chi connectivity index (χ0) is 17.9. The van der Waals surface area contributed by atoms with E-state index in [9.17, 15) is 5.11 Å². The summed E-state index contributed by atoms with van der Waals surface area (Å²) in [4.78, 5) is 2.17. The molecule has 0 amide bonds. The zero-order valence-corrected chi connectivity index (χ0v) is 16.2. The van der Waals surface area contributed by atoms with E-state index >= 15 is 0 Å². The lowest BCUT2D eigenvalue weighted by atomic mass is 9.71. The van der Waals surface area contributed by atoms with Crippen molar-refractivity contribution in [3.8, 4) is 5.75 Å². The number of ether oxygens (including phenoxy) is 1. The Balaban J connectivity index is 0.00000112. The normalized spacial score (nSPS) is 23.3. The van der Waals surface area contributed by atoms with Crippen LogP contribution in [0, 0.1) is 5.92 Å². The Bertz CT molecular complexity index is 420. The highest BCUT2D eigenvalue weighted by atomic mass is 16.5. The maximum absolute atomic E-state index is 11.2. The minimum absolute atomic E-state index is 0.295. The summed E-state index contributed by atoms with van der Waals surface area (Å²) in [5.74, 6) is 1.11. The molecule has 0 unspecified atom stereocenters. The molecule has 0 bridgehead atoms. The molecule has 1 saturated carbocycles. The monoisotopic (exact) mass is 323 g/mol. The second kappa shape index (κ2) is 11.5. The predicted molar refractivity (Wildman–Crippen MR) is 100 cm³/mol. The third kappa shape index (κ3) is 6.15. The molecule has 1 aromatic rings. The fourth-order valence-electron chi connectivity index (χ4n) is 3.18. The van der Waals surface area contributed by atoms with Crippen LogP contribution in [0.15, 0.2) is 24.3 Å². The van der Waals surface area contributed by atoms with Gasteiger partial charge in [0.15, 0.2) is 0 Å². The standard InChI is InChI=1S/C16H25NO2.2C2H6/c1-17(2)12-14-7-4-5-10-16(14,18)13-8-6-9-15(11-13)19-3;2*1-2/h6,8-9,11,14,18H,4-5,7,10,12H2,1-3H3;2*1-2H3/t14-,16+;;/m1../s1. The first-order valence-electron chi connectivity index (χ1n) is 9.08. The Hall–Kier alpha value is -1.06. The zero-order valence-electron chi connectivity index (χ0n) is 16.2. The molecule has 0 aliphatic heterocycles. The highest BCUT2D eigenvalue weighted by Gasteiger charge is 2.40. The summed E-state index contributed by atoms with van der Waals surface area (Å²) in [6, 6.07) is 7.90. The maximum atomic E-state index is 11.2. The van der Waals surface area contributed by atoms with Crippen LogP contribution in [0.3, 0.4) is 0 Å². The smallest absolute Gasteiger partial charge is 0.119 e. The summed E-state index contributed by atoms with van der Waals surface area (Å²) in [7, 11) is 5.81. The molecule has 0 aromatic heterocycles. The molecule has 2 atom stereocenters. The van der Waals surface area contributed by atoms with Crippen molar-refractivity contribution in [1.29, 1.82) is 0 Å². The van der Waals surface area contributed by atoms with E-state index < -0.39 is 5.60 Å².